The van der Waals surface area contributed by atoms with Gasteiger partial charge in [-0.05, 0) is 37.5 Å². The van der Waals surface area contributed by atoms with Crippen molar-refractivity contribution in [2.75, 3.05) is 25.6 Å². The normalized spacial score (nSPS) is 20.7. The van der Waals surface area contributed by atoms with Gasteiger partial charge in [-0.1, -0.05) is 18.2 Å². The van der Waals surface area contributed by atoms with E-state index in [1.165, 1.54) is 7.11 Å². The summed E-state index contributed by atoms with van der Waals surface area (Å²) in [6.07, 6.45) is 4.75. The molecule has 1 saturated heterocycles. The van der Waals surface area contributed by atoms with E-state index in [1.807, 2.05) is 25.1 Å². The van der Waals surface area contributed by atoms with Gasteiger partial charge < -0.3 is 14.8 Å². The summed E-state index contributed by atoms with van der Waals surface area (Å²) in [6.45, 7) is 0.860. The van der Waals surface area contributed by atoms with Crippen LogP contribution in [0.3, 0.4) is 0 Å². The van der Waals surface area contributed by atoms with E-state index >= 15 is 0 Å². The Labute approximate surface area is 162 Å². The molecule has 3 amide bonds. The third-order valence-electron chi connectivity index (χ3n) is 4.88. The highest BCUT2D eigenvalue weighted by Gasteiger charge is 2.47. The molecule has 0 radical (unpaired) electrons. The van der Waals surface area contributed by atoms with Crippen molar-refractivity contribution in [2.45, 2.75) is 19.8 Å². The Balaban J connectivity index is 1.52. The zero-order chi connectivity index (χ0) is 20.3. The summed E-state index contributed by atoms with van der Waals surface area (Å²) < 4.78 is 10.1. The van der Waals surface area contributed by atoms with Crippen LogP contribution in [0.25, 0.3) is 0 Å². The largest absolute Gasteiger partial charge is 0.495 e. The fourth-order valence-electron chi connectivity index (χ4n) is 3.45. The first-order chi connectivity index (χ1) is 13.4. The second-order valence-electron chi connectivity index (χ2n) is 6.83. The van der Waals surface area contributed by atoms with Crippen LogP contribution in [-0.4, -0.2) is 48.9 Å². The number of nitrogens with zero attached hydrogens (tertiary/aromatic N) is 1. The van der Waals surface area contributed by atoms with Crippen molar-refractivity contribution in [2.24, 2.45) is 11.8 Å². The lowest BCUT2D eigenvalue weighted by atomic mass is 9.85. The number of ether oxygens (including phenoxy) is 2. The van der Waals surface area contributed by atoms with Crippen molar-refractivity contribution in [1.29, 1.82) is 0 Å². The standard InChI is InChI=1S/C20H22N2O6/c1-12-7-8-16(27-2)15(9-12)21-17(23)11-28-18(24)10-22-19(25)13-5-3-4-6-14(13)20(22)26/h3-4,7-9,13-14H,5-6,10-11H2,1-2H3,(H,21,23)/t13-,14-/m0/s1. The number of amides is 3. The Morgan fingerprint density at radius 2 is 1.79 bits per heavy atom. The number of carbonyl (C=O) groups is 4. The summed E-state index contributed by atoms with van der Waals surface area (Å²) in [5.41, 5.74) is 1.39. The van der Waals surface area contributed by atoms with Gasteiger partial charge in [0, 0.05) is 0 Å². The van der Waals surface area contributed by atoms with Crippen LogP contribution in [0.2, 0.25) is 0 Å². The number of likely N-dealkylation sites (tertiary alicyclic amines) is 1. The van der Waals surface area contributed by atoms with Gasteiger partial charge >= 0.3 is 5.97 Å². The number of fused-ring (bicyclic) bond motifs is 1. The molecule has 1 heterocycles. The quantitative estimate of drug-likeness (QED) is 0.451. The van der Waals surface area contributed by atoms with Crippen LogP contribution in [-0.2, 0) is 23.9 Å². The molecule has 1 aliphatic heterocycles. The van der Waals surface area contributed by atoms with Crippen molar-refractivity contribution in [3.8, 4) is 5.75 Å². The maximum absolute atomic E-state index is 12.3. The second kappa shape index (κ2) is 8.24. The minimum atomic E-state index is -0.806. The van der Waals surface area contributed by atoms with Crippen LogP contribution in [0.4, 0.5) is 5.69 Å². The van der Waals surface area contributed by atoms with E-state index in [2.05, 4.69) is 5.32 Å². The minimum absolute atomic E-state index is 0.356. The lowest BCUT2D eigenvalue weighted by Crippen LogP contribution is -2.37. The molecule has 0 unspecified atom stereocenters. The van der Waals surface area contributed by atoms with E-state index < -0.39 is 36.9 Å². The molecule has 1 aromatic carbocycles. The summed E-state index contributed by atoms with van der Waals surface area (Å²) in [6, 6.07) is 5.29. The number of methoxy groups -OCH3 is 1. The molecule has 2 aliphatic rings. The van der Waals surface area contributed by atoms with E-state index in [0.29, 0.717) is 24.3 Å². The van der Waals surface area contributed by atoms with Crippen molar-refractivity contribution in [3.05, 3.63) is 35.9 Å². The number of benzene rings is 1. The number of esters is 1. The molecular weight excluding hydrogens is 364 g/mol. The minimum Gasteiger partial charge on any atom is -0.495 e. The summed E-state index contributed by atoms with van der Waals surface area (Å²) in [4.78, 5) is 49.7. The Bertz CT molecular complexity index is 821. The summed E-state index contributed by atoms with van der Waals surface area (Å²) >= 11 is 0. The molecule has 148 valence electrons. The molecule has 0 spiro atoms. The zero-order valence-corrected chi connectivity index (χ0v) is 15.8. The van der Waals surface area contributed by atoms with E-state index in [0.717, 1.165) is 10.5 Å². The van der Waals surface area contributed by atoms with Crippen LogP contribution in [0.1, 0.15) is 18.4 Å². The molecule has 1 N–H and O–H groups in total. The maximum Gasteiger partial charge on any atom is 0.326 e. The summed E-state index contributed by atoms with van der Waals surface area (Å²) in [7, 11) is 1.48. The van der Waals surface area contributed by atoms with Gasteiger partial charge in [-0.2, -0.15) is 0 Å². The zero-order valence-electron chi connectivity index (χ0n) is 15.8. The highest BCUT2D eigenvalue weighted by atomic mass is 16.5. The van der Waals surface area contributed by atoms with Crippen molar-refractivity contribution in [1.82, 2.24) is 4.90 Å². The molecule has 0 bridgehead atoms. The Hall–Kier alpha value is -3.16. The molecular formula is C20H22N2O6. The number of carbonyl (C=O) groups excluding carboxylic acids is 4. The highest BCUT2D eigenvalue weighted by molar-refractivity contribution is 6.07. The first-order valence-electron chi connectivity index (χ1n) is 9.01. The monoisotopic (exact) mass is 386 g/mol. The maximum atomic E-state index is 12.3. The lowest BCUT2D eigenvalue weighted by Gasteiger charge is -2.14. The van der Waals surface area contributed by atoms with Crippen molar-refractivity contribution >= 4 is 29.4 Å². The van der Waals surface area contributed by atoms with E-state index in [9.17, 15) is 19.2 Å². The van der Waals surface area contributed by atoms with E-state index in [-0.39, 0.29) is 11.8 Å². The summed E-state index contributed by atoms with van der Waals surface area (Å²) in [5, 5.41) is 2.61. The predicted octanol–water partition coefficient (Wildman–Crippen LogP) is 1.44. The number of hydrogen-bond donors (Lipinski definition) is 1. The number of nitrogens with one attached hydrogen (secondary N) is 1. The van der Waals surface area contributed by atoms with Crippen LogP contribution in [0.15, 0.2) is 30.4 Å². The van der Waals surface area contributed by atoms with Crippen LogP contribution in [0.5, 0.6) is 5.75 Å². The topological polar surface area (TPSA) is 102 Å². The average Bonchev–Trinajstić information content (AvgIpc) is 2.92. The fraction of sp³-hybridized carbons (Fsp3) is 0.400. The number of allylic oxidation sites excluding steroid dienone is 2. The van der Waals surface area contributed by atoms with Gasteiger partial charge in [0.05, 0.1) is 24.6 Å². The van der Waals surface area contributed by atoms with Gasteiger partial charge in [-0.25, -0.2) is 0 Å². The fourth-order valence-corrected chi connectivity index (χ4v) is 3.45. The Morgan fingerprint density at radius 3 is 2.39 bits per heavy atom. The smallest absolute Gasteiger partial charge is 0.326 e. The highest BCUT2D eigenvalue weighted by Crippen LogP contribution is 2.34. The molecule has 0 aromatic heterocycles. The van der Waals surface area contributed by atoms with Gasteiger partial charge in [-0.15, -0.1) is 0 Å². The van der Waals surface area contributed by atoms with Gasteiger partial charge in [-0.3, -0.25) is 24.1 Å². The van der Waals surface area contributed by atoms with Gasteiger partial charge in [0.1, 0.15) is 12.3 Å². The molecule has 8 nitrogen and oxygen atoms in total. The molecule has 1 aliphatic carbocycles. The third kappa shape index (κ3) is 4.05. The van der Waals surface area contributed by atoms with Crippen LogP contribution in [0, 0.1) is 18.8 Å². The Kier molecular flexibility index (Phi) is 5.77. The number of anilines is 1. The SMILES string of the molecule is COc1ccc(C)cc1NC(=O)COC(=O)CN1C(=O)[C@H]2CC=CC[C@@H]2C1=O. The third-order valence-corrected chi connectivity index (χ3v) is 4.88. The molecule has 28 heavy (non-hydrogen) atoms. The molecule has 0 saturated carbocycles. The van der Waals surface area contributed by atoms with E-state index in [4.69, 9.17) is 9.47 Å². The number of hydrogen-bond acceptors (Lipinski definition) is 6. The average molecular weight is 386 g/mol. The van der Waals surface area contributed by atoms with Crippen LogP contribution < -0.4 is 10.1 Å². The number of aryl methyl sites for hydroxylation is 1. The van der Waals surface area contributed by atoms with Crippen molar-refractivity contribution < 1.29 is 28.7 Å². The first-order valence-corrected chi connectivity index (χ1v) is 9.01. The molecule has 2 atom stereocenters. The molecule has 1 aromatic rings. The second-order valence-corrected chi connectivity index (χ2v) is 6.83. The number of imide groups is 1. The van der Waals surface area contributed by atoms with E-state index in [1.54, 1.807) is 12.1 Å². The van der Waals surface area contributed by atoms with Gasteiger partial charge in [0.25, 0.3) is 5.91 Å². The Morgan fingerprint density at radius 1 is 1.14 bits per heavy atom. The predicted molar refractivity (Wildman–Crippen MR) is 99.4 cm³/mol. The molecule has 3 rings (SSSR count). The first kappa shape index (κ1) is 19.6. The number of rotatable bonds is 6. The van der Waals surface area contributed by atoms with Gasteiger partial charge in [0.2, 0.25) is 11.8 Å². The van der Waals surface area contributed by atoms with Gasteiger partial charge in [0.15, 0.2) is 6.61 Å². The molecule has 1 fully saturated rings. The molecule has 8 heteroatoms. The summed E-state index contributed by atoms with van der Waals surface area (Å²) in [5.74, 6) is -2.39. The lowest BCUT2D eigenvalue weighted by molar-refractivity contribution is -0.154. The van der Waals surface area contributed by atoms with Crippen LogP contribution >= 0.6 is 0 Å². The van der Waals surface area contributed by atoms with Crippen molar-refractivity contribution in [3.63, 3.8) is 0 Å².